The van der Waals surface area contributed by atoms with E-state index in [9.17, 15) is 67.1 Å². The second-order valence-electron chi connectivity index (χ2n) is 18.1. The summed E-state index contributed by atoms with van der Waals surface area (Å²) in [5.41, 5.74) is 1.74. The fraction of sp³-hybridized carbons (Fsp3) is 0.612. The SMILES string of the molecule is CC.CC.CC.CC.CC.CC.CC.CC(=O)CNC(=O)C(Cc1ccccc1)NC=O.CC1CC(=O)N(CCCCCC(=O)NCC(=O)NCC(=O)NC(Cc2ccccc2)C(=O)NCC=O)C1=O.CCNC(=O)CNC(=O)CCOCCN1C(=O)CC(C)C1=O. The molecule has 2 aliphatic rings. The number of likely N-dealkylation sites (tertiary alicyclic amines) is 2. The van der Waals surface area contributed by atoms with Crippen molar-refractivity contribution in [2.24, 2.45) is 11.8 Å². The number of likely N-dealkylation sites (N-methyl/N-ethyl adjacent to an activating group) is 1. The zero-order valence-corrected chi connectivity index (χ0v) is 58.7. The van der Waals surface area contributed by atoms with E-state index in [4.69, 9.17) is 4.74 Å². The quantitative estimate of drug-likeness (QED) is 0.0255. The number of Topliss-reactive ketones (excluding diaryl/α,β-unsaturated/α-hetero) is 1. The first kappa shape index (κ1) is 94.9. The summed E-state index contributed by atoms with van der Waals surface area (Å²) in [6.45, 7) is 35.1. The Balaban J connectivity index is -0.000000292. The van der Waals surface area contributed by atoms with Gasteiger partial charge in [0.15, 0.2) is 0 Å². The largest absolute Gasteiger partial charge is 0.379 e. The van der Waals surface area contributed by atoms with Crippen LogP contribution in [0.25, 0.3) is 0 Å². The van der Waals surface area contributed by atoms with Crippen LogP contribution in [-0.2, 0) is 84.7 Å². The molecule has 25 heteroatoms. The molecule has 25 nitrogen and oxygen atoms in total. The summed E-state index contributed by atoms with van der Waals surface area (Å²) >= 11 is 0. The maximum Gasteiger partial charge on any atom is 0.243 e. The number of nitrogens with zero attached hydrogens (tertiary/aromatic N) is 2. The molecule has 2 saturated heterocycles. The van der Waals surface area contributed by atoms with Gasteiger partial charge in [-0.3, -0.25) is 72.1 Å². The number of rotatable bonds is 32. The normalized spacial score (nSPS) is 13.3. The second kappa shape index (κ2) is 65.7. The molecule has 12 amide bonds. The molecule has 2 aromatic rings. The third kappa shape index (κ3) is 47.7. The van der Waals surface area contributed by atoms with E-state index in [2.05, 4.69) is 42.5 Å². The van der Waals surface area contributed by atoms with Crippen molar-refractivity contribution in [3.05, 3.63) is 71.8 Å². The number of hydrogen-bond donors (Lipinski definition) is 8. The van der Waals surface area contributed by atoms with Crippen LogP contribution in [0.3, 0.4) is 0 Å². The topological polar surface area (TPSA) is 351 Å². The van der Waals surface area contributed by atoms with E-state index >= 15 is 0 Å². The van der Waals surface area contributed by atoms with Crippen LogP contribution in [0.4, 0.5) is 0 Å². The fourth-order valence-corrected chi connectivity index (χ4v) is 7.42. The highest BCUT2D eigenvalue weighted by molar-refractivity contribution is 6.04. The van der Waals surface area contributed by atoms with Gasteiger partial charge in [-0.1, -0.05) is 178 Å². The van der Waals surface area contributed by atoms with Crippen molar-refractivity contribution in [3.63, 3.8) is 0 Å². The number of carbonyl (C=O) groups excluding carboxylic acids is 14. The molecule has 0 aromatic heterocycles. The summed E-state index contributed by atoms with van der Waals surface area (Å²) in [6.07, 6.45) is 4.21. The van der Waals surface area contributed by atoms with Crippen molar-refractivity contribution in [2.45, 2.75) is 194 Å². The van der Waals surface area contributed by atoms with E-state index in [0.717, 1.165) is 11.1 Å². The Kier molecular flexibility index (Phi) is 67.8. The Hall–Kier alpha value is -8.22. The maximum atomic E-state index is 12.3. The minimum atomic E-state index is -0.938. The van der Waals surface area contributed by atoms with Gasteiger partial charge in [0.1, 0.15) is 24.2 Å². The van der Waals surface area contributed by atoms with E-state index in [1.165, 1.54) is 16.7 Å². The summed E-state index contributed by atoms with van der Waals surface area (Å²) in [5, 5.41) is 19.8. The Morgan fingerprint density at radius 2 is 0.924 bits per heavy atom. The molecule has 2 fully saturated rings. The molecule has 2 aromatic carbocycles. The smallest absolute Gasteiger partial charge is 0.243 e. The second-order valence-corrected chi connectivity index (χ2v) is 18.1. The molecular weight excluding hydrogens is 1180 g/mol. The van der Waals surface area contributed by atoms with Crippen LogP contribution in [0.2, 0.25) is 0 Å². The van der Waals surface area contributed by atoms with Gasteiger partial charge in [0, 0.05) is 63.5 Å². The van der Waals surface area contributed by atoms with Crippen LogP contribution >= 0.6 is 0 Å². The molecule has 4 atom stereocenters. The fourth-order valence-electron chi connectivity index (χ4n) is 7.42. The number of imide groups is 2. The minimum Gasteiger partial charge on any atom is -0.379 e. The summed E-state index contributed by atoms with van der Waals surface area (Å²) < 4.78 is 5.24. The highest BCUT2D eigenvalue weighted by Crippen LogP contribution is 2.20. The number of ether oxygens (including phenoxy) is 1. The van der Waals surface area contributed by atoms with Crippen molar-refractivity contribution in [1.29, 1.82) is 0 Å². The number of aldehydes is 1. The minimum absolute atomic E-state index is 0.0232. The lowest BCUT2D eigenvalue weighted by atomic mass is 10.1. The monoisotopic (exact) mass is 1300 g/mol. The van der Waals surface area contributed by atoms with Gasteiger partial charge in [-0.25, -0.2) is 0 Å². The first-order valence-electron chi connectivity index (χ1n) is 32.7. The van der Waals surface area contributed by atoms with Crippen molar-refractivity contribution >= 4 is 83.5 Å². The number of benzene rings is 2. The van der Waals surface area contributed by atoms with E-state index in [1.54, 1.807) is 45.0 Å². The molecule has 0 aliphatic carbocycles. The number of carbonyl (C=O) groups is 14. The first-order chi connectivity index (χ1) is 44.3. The molecule has 2 heterocycles. The number of unbranched alkanes of at least 4 members (excludes halogenated alkanes) is 2. The standard InChI is InChI=1S/C26H35N5O7.C14H23N3O5.C13H16N2O3.7C2H6/c1-18-14-24(36)31(26(18)38)12-7-3-6-10-21(33)28-16-22(34)29-17-23(35)30-20(25(37)27-11-13-32)15-19-8-4-2-5-9-19;1-3-15-12(19)9-16-11(18)4-6-22-7-5-17-13(20)8-10(2)14(17)21;1-10(17)8-14-13(18)12(15-9-16)7-11-5-3-2-4-6-11;7*1-2/h2,4-5,8-9,13,18,20H,3,6-7,10-12,14-17H2,1H3,(H,27,37)(H,28,33)(H,29,34)(H,30,35);10H,3-9H2,1-2H3,(H,15,19)(H,16,18);2-6,9,12H,7-8H2,1H3,(H,14,18)(H,15,16);7*1-2H3. The molecule has 524 valence electrons. The average Bonchev–Trinajstić information content (AvgIpc) is 1.79. The van der Waals surface area contributed by atoms with Gasteiger partial charge in [0.25, 0.3) is 0 Å². The summed E-state index contributed by atoms with van der Waals surface area (Å²) in [5.74, 6) is -4.24. The van der Waals surface area contributed by atoms with Gasteiger partial charge < -0.3 is 52.1 Å². The van der Waals surface area contributed by atoms with Crippen molar-refractivity contribution in [3.8, 4) is 0 Å². The van der Waals surface area contributed by atoms with Gasteiger partial charge in [0.05, 0.1) is 52.5 Å². The Bertz CT molecular complexity index is 2360. The van der Waals surface area contributed by atoms with Gasteiger partial charge in [0.2, 0.25) is 71.4 Å². The van der Waals surface area contributed by atoms with Crippen LogP contribution in [0, 0.1) is 11.8 Å². The molecule has 2 aliphatic heterocycles. The predicted octanol–water partition coefficient (Wildman–Crippen LogP) is 5.49. The van der Waals surface area contributed by atoms with E-state index in [-0.39, 0.29) is 143 Å². The molecule has 0 saturated carbocycles. The van der Waals surface area contributed by atoms with Crippen LogP contribution in [0.5, 0.6) is 0 Å². The van der Waals surface area contributed by atoms with Crippen LogP contribution in [0.15, 0.2) is 60.7 Å². The molecule has 0 bridgehead atoms. The third-order valence-electron chi connectivity index (χ3n) is 11.5. The van der Waals surface area contributed by atoms with E-state index < -0.39 is 36.3 Å². The molecule has 8 N–H and O–H groups in total. The zero-order chi connectivity index (χ0) is 71.8. The molecule has 0 radical (unpaired) electrons. The lowest BCUT2D eigenvalue weighted by molar-refractivity contribution is -0.141. The molecule has 4 unspecified atom stereocenters. The lowest BCUT2D eigenvalue weighted by Crippen LogP contribution is -2.51. The van der Waals surface area contributed by atoms with Crippen molar-refractivity contribution < 1.29 is 71.9 Å². The van der Waals surface area contributed by atoms with Gasteiger partial charge >= 0.3 is 0 Å². The van der Waals surface area contributed by atoms with Crippen molar-refractivity contribution in [1.82, 2.24) is 52.3 Å². The molecule has 92 heavy (non-hydrogen) atoms. The van der Waals surface area contributed by atoms with Gasteiger partial charge in [-0.05, 0) is 37.8 Å². The highest BCUT2D eigenvalue weighted by atomic mass is 16.5. The summed E-state index contributed by atoms with van der Waals surface area (Å²) in [7, 11) is 0. The van der Waals surface area contributed by atoms with Crippen LogP contribution in [0.1, 0.15) is 181 Å². The number of hydrogen-bond acceptors (Lipinski definition) is 15. The van der Waals surface area contributed by atoms with Crippen LogP contribution < -0.4 is 42.5 Å². The number of amides is 12. The number of nitrogens with one attached hydrogen (secondary N) is 8. The average molecular weight is 1300 g/mol. The lowest BCUT2D eigenvalue weighted by Gasteiger charge is -2.18. The Morgan fingerprint density at radius 3 is 1.36 bits per heavy atom. The Labute approximate surface area is 549 Å². The Morgan fingerprint density at radius 1 is 0.500 bits per heavy atom. The molecular formula is C67H116N10O15. The molecule has 0 spiro atoms. The maximum absolute atomic E-state index is 12.3. The van der Waals surface area contributed by atoms with E-state index in [1.807, 2.05) is 133 Å². The predicted molar refractivity (Wildman–Crippen MR) is 360 cm³/mol. The van der Waals surface area contributed by atoms with Gasteiger partial charge in [-0.15, -0.1) is 0 Å². The third-order valence-corrected chi connectivity index (χ3v) is 11.5. The number of ketones is 1. The zero-order valence-electron chi connectivity index (χ0n) is 58.7. The van der Waals surface area contributed by atoms with E-state index in [0.29, 0.717) is 51.5 Å². The molecule has 4 rings (SSSR count). The van der Waals surface area contributed by atoms with Gasteiger partial charge in [-0.2, -0.15) is 0 Å². The highest BCUT2D eigenvalue weighted by Gasteiger charge is 2.36. The van der Waals surface area contributed by atoms with Crippen LogP contribution in [-0.4, -0.2) is 171 Å². The summed E-state index contributed by atoms with van der Waals surface area (Å²) in [6, 6.07) is 16.8. The summed E-state index contributed by atoms with van der Waals surface area (Å²) in [4.78, 5) is 164. The first-order valence-corrected chi connectivity index (χ1v) is 32.7. The van der Waals surface area contributed by atoms with Crippen molar-refractivity contribution in [2.75, 3.05) is 65.6 Å².